The molecule has 1 aromatic carbocycles. The Bertz CT molecular complexity index is 830. The molecule has 2 aromatic rings. The molecule has 3 rings (SSSR count). The first kappa shape index (κ1) is 18.8. The number of aliphatic hydroxyl groups is 1. The second kappa shape index (κ2) is 8.62. The molecule has 0 radical (unpaired) electrons. The van der Waals surface area contributed by atoms with Crippen molar-refractivity contribution in [2.75, 3.05) is 26.3 Å². The summed E-state index contributed by atoms with van der Waals surface area (Å²) in [4.78, 5) is 17.3. The zero-order valence-corrected chi connectivity index (χ0v) is 15.8. The lowest BCUT2D eigenvalue weighted by atomic mass is 10.1. The van der Waals surface area contributed by atoms with E-state index in [1.807, 2.05) is 36.1 Å². The third kappa shape index (κ3) is 4.41. The molecule has 1 atom stereocenters. The van der Waals surface area contributed by atoms with Crippen LogP contribution in [0.5, 0.6) is 0 Å². The highest BCUT2D eigenvalue weighted by molar-refractivity contribution is 7.80. The van der Waals surface area contributed by atoms with Crippen molar-refractivity contribution in [1.29, 1.82) is 0 Å². The number of hydrogen-bond donors (Lipinski definition) is 3. The van der Waals surface area contributed by atoms with Crippen molar-refractivity contribution in [1.82, 2.24) is 15.2 Å². The van der Waals surface area contributed by atoms with Gasteiger partial charge in [0.25, 0.3) is 5.56 Å². The van der Waals surface area contributed by atoms with Crippen molar-refractivity contribution >= 4 is 28.2 Å². The van der Waals surface area contributed by atoms with E-state index in [-0.39, 0.29) is 18.3 Å². The summed E-state index contributed by atoms with van der Waals surface area (Å²) in [5.74, 6) is 0. The number of pyridine rings is 1. The van der Waals surface area contributed by atoms with Crippen molar-refractivity contribution in [2.45, 2.75) is 32.4 Å². The van der Waals surface area contributed by atoms with E-state index in [9.17, 15) is 9.90 Å². The quantitative estimate of drug-likeness (QED) is 0.667. The van der Waals surface area contributed by atoms with Gasteiger partial charge in [0.1, 0.15) is 0 Å². The van der Waals surface area contributed by atoms with E-state index in [1.165, 1.54) is 0 Å². The molecule has 0 saturated carbocycles. The number of fused-ring (bicyclic) bond motifs is 1. The molecular formula is C19H25N3O3S. The van der Waals surface area contributed by atoms with Gasteiger partial charge in [-0.25, -0.2) is 0 Å². The molecule has 2 heterocycles. The fourth-order valence-corrected chi connectivity index (χ4v) is 3.48. The number of aromatic nitrogens is 1. The minimum absolute atomic E-state index is 0.0354. The fraction of sp³-hybridized carbons (Fsp3) is 0.474. The average Bonchev–Trinajstić information content (AvgIpc) is 3.14. The van der Waals surface area contributed by atoms with Gasteiger partial charge in [-0.3, -0.25) is 4.79 Å². The van der Waals surface area contributed by atoms with Gasteiger partial charge in [0.15, 0.2) is 5.11 Å². The van der Waals surface area contributed by atoms with Gasteiger partial charge in [0.2, 0.25) is 0 Å². The molecule has 1 aliphatic heterocycles. The highest BCUT2D eigenvalue weighted by atomic mass is 32.1. The first-order valence-corrected chi connectivity index (χ1v) is 9.36. The van der Waals surface area contributed by atoms with Crippen LogP contribution < -0.4 is 10.9 Å². The number of aryl methyl sites for hydroxylation is 1. The molecule has 1 fully saturated rings. The minimum Gasteiger partial charge on any atom is -0.395 e. The van der Waals surface area contributed by atoms with Crippen molar-refractivity contribution < 1.29 is 9.84 Å². The van der Waals surface area contributed by atoms with Gasteiger partial charge < -0.3 is 25.0 Å². The van der Waals surface area contributed by atoms with E-state index >= 15 is 0 Å². The molecule has 6 nitrogen and oxygen atoms in total. The van der Waals surface area contributed by atoms with Crippen LogP contribution in [0, 0.1) is 6.92 Å². The number of aromatic amines is 1. The van der Waals surface area contributed by atoms with Crippen LogP contribution in [-0.4, -0.2) is 52.5 Å². The number of aliphatic hydroxyl groups excluding tert-OH is 1. The van der Waals surface area contributed by atoms with Crippen LogP contribution in [0.1, 0.15) is 24.0 Å². The van der Waals surface area contributed by atoms with Crippen molar-refractivity contribution in [3.05, 3.63) is 45.7 Å². The van der Waals surface area contributed by atoms with Gasteiger partial charge in [-0.15, -0.1) is 0 Å². The Hall–Kier alpha value is -1.96. The summed E-state index contributed by atoms with van der Waals surface area (Å²) in [7, 11) is 0. The number of para-hydroxylation sites is 1. The van der Waals surface area contributed by atoms with Crippen LogP contribution in [0.3, 0.4) is 0 Å². The van der Waals surface area contributed by atoms with Gasteiger partial charge >= 0.3 is 0 Å². The normalized spacial score (nSPS) is 16.8. The van der Waals surface area contributed by atoms with Crippen LogP contribution >= 0.6 is 12.2 Å². The Balaban J connectivity index is 1.74. The van der Waals surface area contributed by atoms with E-state index in [4.69, 9.17) is 17.0 Å². The van der Waals surface area contributed by atoms with E-state index in [2.05, 4.69) is 10.3 Å². The summed E-state index contributed by atoms with van der Waals surface area (Å²) < 4.78 is 5.59. The number of H-pyrrole nitrogens is 1. The minimum atomic E-state index is -0.128. The van der Waals surface area contributed by atoms with Crippen LogP contribution in [0.2, 0.25) is 0 Å². The number of rotatable bonds is 6. The van der Waals surface area contributed by atoms with Gasteiger partial charge in [0, 0.05) is 25.3 Å². The topological polar surface area (TPSA) is 77.6 Å². The lowest BCUT2D eigenvalue weighted by Gasteiger charge is -2.26. The Labute approximate surface area is 158 Å². The van der Waals surface area contributed by atoms with E-state index < -0.39 is 0 Å². The maximum atomic E-state index is 12.5. The van der Waals surface area contributed by atoms with Crippen LogP contribution in [0.15, 0.2) is 29.1 Å². The number of nitrogens with one attached hydrogen (secondary N) is 2. The summed E-state index contributed by atoms with van der Waals surface area (Å²) in [6, 6.07) is 7.82. The Morgan fingerprint density at radius 3 is 3.08 bits per heavy atom. The summed E-state index contributed by atoms with van der Waals surface area (Å²) in [6.45, 7) is 4.09. The smallest absolute Gasteiger partial charge is 0.253 e. The van der Waals surface area contributed by atoms with Crippen LogP contribution in [0.4, 0.5) is 0 Å². The maximum absolute atomic E-state index is 12.5. The maximum Gasteiger partial charge on any atom is 0.253 e. The summed E-state index contributed by atoms with van der Waals surface area (Å²) in [6.07, 6.45) is 2.28. The number of hydrogen-bond acceptors (Lipinski definition) is 4. The number of nitrogens with zero attached hydrogens (tertiary/aromatic N) is 1. The third-order valence-corrected chi connectivity index (χ3v) is 5.09. The fourth-order valence-electron chi connectivity index (χ4n) is 3.24. The van der Waals surface area contributed by atoms with E-state index in [0.717, 1.165) is 35.9 Å². The van der Waals surface area contributed by atoms with Crippen LogP contribution in [0.25, 0.3) is 10.9 Å². The third-order valence-electron chi connectivity index (χ3n) is 4.69. The van der Waals surface area contributed by atoms with Gasteiger partial charge in [-0.05, 0) is 49.0 Å². The molecule has 0 aliphatic carbocycles. The number of benzene rings is 1. The first-order valence-electron chi connectivity index (χ1n) is 8.95. The standard InChI is InChI=1S/C19H25N3O3S/c1-13-4-2-5-14-10-15(18(24)21-17(13)14)12-22(7-8-23)19(26)20-11-16-6-3-9-25-16/h2,4-5,10,16,23H,3,6-9,11-12H2,1H3,(H,20,26)(H,21,24)/t16-/m1/s1. The second-order valence-electron chi connectivity index (χ2n) is 6.63. The number of thiocarbonyl (C=S) groups is 1. The Morgan fingerprint density at radius 2 is 2.35 bits per heavy atom. The van der Waals surface area contributed by atoms with Gasteiger partial charge in [-0.1, -0.05) is 18.2 Å². The first-order chi connectivity index (χ1) is 12.6. The zero-order chi connectivity index (χ0) is 18.5. The van der Waals surface area contributed by atoms with Gasteiger partial charge in [0.05, 0.1) is 24.8 Å². The summed E-state index contributed by atoms with van der Waals surface area (Å²) in [5, 5.41) is 14.1. The molecule has 0 spiro atoms. The largest absolute Gasteiger partial charge is 0.395 e. The van der Waals surface area contributed by atoms with Crippen molar-refractivity contribution in [2.24, 2.45) is 0 Å². The Morgan fingerprint density at radius 1 is 1.50 bits per heavy atom. The number of ether oxygens (including phenoxy) is 1. The molecule has 26 heavy (non-hydrogen) atoms. The van der Waals surface area contributed by atoms with Crippen molar-refractivity contribution in [3.8, 4) is 0 Å². The molecule has 1 aromatic heterocycles. The second-order valence-corrected chi connectivity index (χ2v) is 7.02. The predicted molar refractivity (Wildman–Crippen MR) is 106 cm³/mol. The zero-order valence-electron chi connectivity index (χ0n) is 15.0. The molecule has 140 valence electrons. The molecule has 3 N–H and O–H groups in total. The molecule has 0 unspecified atom stereocenters. The van der Waals surface area contributed by atoms with Gasteiger partial charge in [-0.2, -0.15) is 0 Å². The molecule has 7 heteroatoms. The highest BCUT2D eigenvalue weighted by Crippen LogP contribution is 2.16. The predicted octanol–water partition coefficient (Wildman–Crippen LogP) is 1.68. The molecular weight excluding hydrogens is 350 g/mol. The molecule has 0 bridgehead atoms. The Kier molecular flexibility index (Phi) is 6.24. The SMILES string of the molecule is Cc1cccc2cc(CN(CCO)C(=S)NC[C@H]3CCCO3)c(=O)[nH]c12. The van der Waals surface area contributed by atoms with E-state index in [0.29, 0.717) is 30.3 Å². The lowest BCUT2D eigenvalue weighted by Crippen LogP contribution is -2.44. The summed E-state index contributed by atoms with van der Waals surface area (Å²) >= 11 is 5.47. The summed E-state index contributed by atoms with van der Waals surface area (Å²) in [5.41, 5.74) is 2.38. The molecule has 1 saturated heterocycles. The average molecular weight is 375 g/mol. The van der Waals surface area contributed by atoms with Crippen LogP contribution in [-0.2, 0) is 11.3 Å². The molecule has 0 amide bonds. The van der Waals surface area contributed by atoms with Crippen molar-refractivity contribution in [3.63, 3.8) is 0 Å². The monoisotopic (exact) mass is 375 g/mol. The highest BCUT2D eigenvalue weighted by Gasteiger charge is 2.18. The lowest BCUT2D eigenvalue weighted by molar-refractivity contribution is 0.113. The van der Waals surface area contributed by atoms with E-state index in [1.54, 1.807) is 0 Å². The molecule has 1 aliphatic rings.